The van der Waals surface area contributed by atoms with Crippen molar-refractivity contribution in [3.63, 3.8) is 0 Å². The molecule has 26 heavy (non-hydrogen) atoms. The van der Waals surface area contributed by atoms with Crippen molar-refractivity contribution < 1.29 is 19.1 Å². The third kappa shape index (κ3) is 7.23. The molecular formula is C19H29N3O4. The van der Waals surface area contributed by atoms with Gasteiger partial charge in [0.15, 0.2) is 0 Å². The smallest absolute Gasteiger partial charge is 0.338 e. The summed E-state index contributed by atoms with van der Waals surface area (Å²) in [6.07, 6.45) is -0.184. The zero-order chi connectivity index (χ0) is 19.7. The normalized spacial score (nSPS) is 10.7. The van der Waals surface area contributed by atoms with Gasteiger partial charge in [-0.05, 0) is 59.0 Å². The summed E-state index contributed by atoms with van der Waals surface area (Å²) in [5.41, 5.74) is 1.01. The second-order valence-electron chi connectivity index (χ2n) is 6.32. The van der Waals surface area contributed by atoms with Gasteiger partial charge in [0.1, 0.15) is 0 Å². The molecule has 144 valence electrons. The van der Waals surface area contributed by atoms with Crippen LogP contribution in [0.2, 0.25) is 0 Å². The van der Waals surface area contributed by atoms with E-state index >= 15 is 0 Å². The van der Waals surface area contributed by atoms with E-state index in [4.69, 9.17) is 4.74 Å². The number of nitrogens with one attached hydrogen (secondary N) is 1. The van der Waals surface area contributed by atoms with Crippen molar-refractivity contribution in [3.8, 4) is 0 Å². The number of rotatable bonds is 9. The van der Waals surface area contributed by atoms with Crippen LogP contribution in [-0.4, -0.2) is 66.9 Å². The first-order valence-corrected chi connectivity index (χ1v) is 8.84. The fraction of sp³-hybridized carbons (Fsp3) is 0.526. The highest BCUT2D eigenvalue weighted by atomic mass is 16.5. The molecule has 0 aliphatic carbocycles. The first-order valence-electron chi connectivity index (χ1n) is 8.84. The number of anilines is 1. The molecule has 1 aromatic rings. The van der Waals surface area contributed by atoms with Crippen molar-refractivity contribution in [1.82, 2.24) is 9.80 Å². The second-order valence-corrected chi connectivity index (χ2v) is 6.32. The highest BCUT2D eigenvalue weighted by Crippen LogP contribution is 2.11. The van der Waals surface area contributed by atoms with Crippen LogP contribution in [0.3, 0.4) is 0 Å². The zero-order valence-corrected chi connectivity index (χ0v) is 16.2. The van der Waals surface area contributed by atoms with Crippen LogP contribution in [0.25, 0.3) is 0 Å². The van der Waals surface area contributed by atoms with E-state index in [9.17, 15) is 14.4 Å². The Morgan fingerprint density at radius 1 is 1.04 bits per heavy atom. The first-order chi connectivity index (χ1) is 12.3. The highest BCUT2D eigenvalue weighted by Gasteiger charge is 2.15. The molecule has 0 atom stereocenters. The molecule has 0 aromatic heterocycles. The highest BCUT2D eigenvalue weighted by molar-refractivity contribution is 5.94. The van der Waals surface area contributed by atoms with Crippen LogP contribution in [0.4, 0.5) is 5.69 Å². The lowest BCUT2D eigenvalue weighted by molar-refractivity contribution is -0.132. The molecule has 0 spiro atoms. The number of benzene rings is 1. The van der Waals surface area contributed by atoms with Gasteiger partial charge in [-0.3, -0.25) is 14.5 Å². The van der Waals surface area contributed by atoms with Gasteiger partial charge in [-0.1, -0.05) is 0 Å². The molecule has 0 aliphatic heterocycles. The Morgan fingerprint density at radius 2 is 1.62 bits per heavy atom. The molecule has 0 heterocycles. The number of esters is 1. The molecule has 1 rings (SSSR count). The molecule has 0 saturated carbocycles. The minimum Gasteiger partial charge on any atom is -0.459 e. The largest absolute Gasteiger partial charge is 0.459 e. The number of amides is 2. The average molecular weight is 363 g/mol. The molecule has 0 radical (unpaired) electrons. The number of carbonyl (C=O) groups is 3. The summed E-state index contributed by atoms with van der Waals surface area (Å²) in [5.74, 6) is -0.622. The van der Waals surface area contributed by atoms with Crippen molar-refractivity contribution in [1.29, 1.82) is 0 Å². The lowest BCUT2D eigenvalue weighted by atomic mass is 10.2. The lowest BCUT2D eigenvalue weighted by Gasteiger charge is -2.22. The SMILES string of the molecule is CCN(CC)C(=O)CN(C)CC(=O)Nc1ccc(C(=O)OC(C)C)cc1. The lowest BCUT2D eigenvalue weighted by Crippen LogP contribution is -2.41. The summed E-state index contributed by atoms with van der Waals surface area (Å²) >= 11 is 0. The average Bonchev–Trinajstić information content (AvgIpc) is 2.55. The maximum absolute atomic E-state index is 12.1. The van der Waals surface area contributed by atoms with E-state index < -0.39 is 5.97 Å². The predicted molar refractivity (Wildman–Crippen MR) is 101 cm³/mol. The quantitative estimate of drug-likeness (QED) is 0.679. The number of likely N-dealkylation sites (N-methyl/N-ethyl adjacent to an activating group) is 2. The molecular weight excluding hydrogens is 334 g/mol. The van der Waals surface area contributed by atoms with Crippen molar-refractivity contribution in [2.75, 3.05) is 38.5 Å². The fourth-order valence-corrected chi connectivity index (χ4v) is 2.38. The van der Waals surface area contributed by atoms with Gasteiger partial charge in [0.2, 0.25) is 11.8 Å². The molecule has 2 amide bonds. The Balaban J connectivity index is 2.52. The topological polar surface area (TPSA) is 79.0 Å². The maximum atomic E-state index is 12.1. The standard InChI is InChI=1S/C19H29N3O4/c1-6-22(7-2)18(24)13-21(5)12-17(23)20-16-10-8-15(9-11-16)19(25)26-14(3)4/h8-11,14H,6-7,12-13H2,1-5H3,(H,20,23). The van der Waals surface area contributed by atoms with Crippen LogP contribution < -0.4 is 5.32 Å². The van der Waals surface area contributed by atoms with Crippen molar-refractivity contribution in [2.45, 2.75) is 33.8 Å². The number of nitrogens with zero attached hydrogens (tertiary/aromatic N) is 2. The Kier molecular flexibility index (Phi) is 8.78. The van der Waals surface area contributed by atoms with E-state index in [1.165, 1.54) is 0 Å². The Hall–Kier alpha value is -2.41. The van der Waals surface area contributed by atoms with Crippen LogP contribution in [0, 0.1) is 0 Å². The minimum atomic E-state index is -0.396. The molecule has 0 saturated heterocycles. The van der Waals surface area contributed by atoms with E-state index in [2.05, 4.69) is 5.32 Å². The minimum absolute atomic E-state index is 0.00156. The number of carbonyl (C=O) groups excluding carboxylic acids is 3. The van der Waals surface area contributed by atoms with Gasteiger partial charge in [0.25, 0.3) is 0 Å². The molecule has 1 aromatic carbocycles. The van der Waals surface area contributed by atoms with Gasteiger partial charge in [-0.15, -0.1) is 0 Å². The summed E-state index contributed by atoms with van der Waals surface area (Å²) in [5, 5.41) is 2.75. The van der Waals surface area contributed by atoms with Gasteiger partial charge >= 0.3 is 5.97 Å². The fourth-order valence-electron chi connectivity index (χ4n) is 2.38. The number of hydrogen-bond donors (Lipinski definition) is 1. The molecule has 1 N–H and O–H groups in total. The van der Waals surface area contributed by atoms with Crippen molar-refractivity contribution in [2.24, 2.45) is 0 Å². The van der Waals surface area contributed by atoms with E-state index in [1.54, 1.807) is 55.0 Å². The summed E-state index contributed by atoms with van der Waals surface area (Å²) in [6, 6.07) is 6.51. The maximum Gasteiger partial charge on any atom is 0.338 e. The third-order valence-corrected chi connectivity index (χ3v) is 3.68. The predicted octanol–water partition coefficient (Wildman–Crippen LogP) is 1.99. The second kappa shape index (κ2) is 10.6. The van der Waals surface area contributed by atoms with Gasteiger partial charge in [0.05, 0.1) is 24.8 Å². The summed E-state index contributed by atoms with van der Waals surface area (Å²) in [4.78, 5) is 39.3. The van der Waals surface area contributed by atoms with Crippen LogP contribution in [0.15, 0.2) is 24.3 Å². The van der Waals surface area contributed by atoms with Crippen LogP contribution in [-0.2, 0) is 14.3 Å². The molecule has 7 heteroatoms. The van der Waals surface area contributed by atoms with E-state index in [0.29, 0.717) is 24.3 Å². The van der Waals surface area contributed by atoms with Gasteiger partial charge in [-0.25, -0.2) is 4.79 Å². The van der Waals surface area contributed by atoms with Crippen molar-refractivity contribution in [3.05, 3.63) is 29.8 Å². The third-order valence-electron chi connectivity index (χ3n) is 3.68. The summed E-state index contributed by atoms with van der Waals surface area (Å²) in [7, 11) is 1.73. The molecule has 0 aliphatic rings. The van der Waals surface area contributed by atoms with E-state index in [1.807, 2.05) is 13.8 Å². The molecule has 7 nitrogen and oxygen atoms in total. The van der Waals surface area contributed by atoms with Gasteiger partial charge < -0.3 is 15.0 Å². The van der Waals surface area contributed by atoms with Gasteiger partial charge in [-0.2, -0.15) is 0 Å². The molecule has 0 fully saturated rings. The van der Waals surface area contributed by atoms with Gasteiger partial charge in [0, 0.05) is 18.8 Å². The Labute approximate surface area is 155 Å². The number of ether oxygens (including phenoxy) is 1. The molecule has 0 unspecified atom stereocenters. The number of hydrogen-bond acceptors (Lipinski definition) is 5. The van der Waals surface area contributed by atoms with Crippen LogP contribution >= 0.6 is 0 Å². The monoisotopic (exact) mass is 363 g/mol. The zero-order valence-electron chi connectivity index (χ0n) is 16.2. The summed E-state index contributed by atoms with van der Waals surface area (Å²) < 4.78 is 5.12. The molecule has 0 bridgehead atoms. The van der Waals surface area contributed by atoms with E-state index in [-0.39, 0.29) is 31.0 Å². The van der Waals surface area contributed by atoms with E-state index in [0.717, 1.165) is 0 Å². The Bertz CT molecular complexity index is 610. The Morgan fingerprint density at radius 3 is 2.12 bits per heavy atom. The first kappa shape index (κ1) is 21.6. The van der Waals surface area contributed by atoms with Crippen molar-refractivity contribution >= 4 is 23.5 Å². The van der Waals surface area contributed by atoms with Crippen LogP contribution in [0.5, 0.6) is 0 Å². The summed E-state index contributed by atoms with van der Waals surface area (Å²) in [6.45, 7) is 9.02. The van der Waals surface area contributed by atoms with Crippen LogP contribution in [0.1, 0.15) is 38.1 Å².